The molecule has 0 saturated carbocycles. The largest absolute Gasteiger partial charge is 0.330 e. The van der Waals surface area contributed by atoms with Gasteiger partial charge in [0.15, 0.2) is 0 Å². The lowest BCUT2D eigenvalue weighted by Crippen LogP contribution is -2.30. The number of amides is 1. The van der Waals surface area contributed by atoms with Crippen LogP contribution >= 0.6 is 11.3 Å². The lowest BCUT2D eigenvalue weighted by atomic mass is 10.2. The van der Waals surface area contributed by atoms with Gasteiger partial charge in [0, 0.05) is 11.4 Å². The van der Waals surface area contributed by atoms with Crippen molar-refractivity contribution in [2.24, 2.45) is 0 Å². The van der Waals surface area contributed by atoms with Crippen LogP contribution in [0.3, 0.4) is 0 Å². The van der Waals surface area contributed by atoms with Gasteiger partial charge in [-0.3, -0.25) is 4.79 Å². The molecule has 2 aromatic heterocycles. The first-order chi connectivity index (χ1) is 11.7. The lowest BCUT2D eigenvalue weighted by molar-refractivity contribution is 0.0763. The molecule has 0 unspecified atom stereocenters. The minimum atomic E-state index is -0.0250. The molecule has 0 bridgehead atoms. The smallest absolute Gasteiger partial charge is 0.257 e. The van der Waals surface area contributed by atoms with Crippen LogP contribution in [0.25, 0.3) is 5.69 Å². The van der Waals surface area contributed by atoms with E-state index in [0.717, 1.165) is 16.3 Å². The predicted octanol–water partition coefficient (Wildman–Crippen LogP) is 4.07. The highest BCUT2D eigenvalue weighted by Gasteiger charge is 2.21. The van der Waals surface area contributed by atoms with Crippen LogP contribution < -0.4 is 0 Å². The maximum absolute atomic E-state index is 13.0. The molecule has 2 heterocycles. The molecule has 0 saturated heterocycles. The van der Waals surface area contributed by atoms with Gasteiger partial charge in [-0.25, -0.2) is 4.68 Å². The van der Waals surface area contributed by atoms with Gasteiger partial charge in [0.1, 0.15) is 0 Å². The van der Waals surface area contributed by atoms with Crippen molar-refractivity contribution in [3.63, 3.8) is 0 Å². The second-order valence-electron chi connectivity index (χ2n) is 5.44. The summed E-state index contributed by atoms with van der Waals surface area (Å²) in [6.07, 6.45) is 3.40. The average molecular weight is 337 g/mol. The summed E-state index contributed by atoms with van der Waals surface area (Å²) in [6, 6.07) is 13.9. The Kier molecular flexibility index (Phi) is 4.91. The van der Waals surface area contributed by atoms with Crippen molar-refractivity contribution in [3.05, 3.63) is 82.8 Å². The van der Waals surface area contributed by atoms with Crippen LogP contribution in [0, 0.1) is 6.92 Å². The van der Waals surface area contributed by atoms with E-state index in [9.17, 15) is 4.79 Å². The minimum absolute atomic E-state index is 0.0250. The van der Waals surface area contributed by atoms with Crippen molar-refractivity contribution < 1.29 is 4.79 Å². The number of rotatable bonds is 6. The molecular weight excluding hydrogens is 318 g/mol. The molecule has 0 spiro atoms. The van der Waals surface area contributed by atoms with Crippen molar-refractivity contribution in [2.75, 3.05) is 6.54 Å². The van der Waals surface area contributed by atoms with Gasteiger partial charge in [-0.2, -0.15) is 5.10 Å². The van der Waals surface area contributed by atoms with E-state index >= 15 is 0 Å². The third-order valence-electron chi connectivity index (χ3n) is 3.80. The zero-order valence-corrected chi connectivity index (χ0v) is 14.4. The standard InChI is InChI=1S/C19H19N3OS/c1-3-11-21(14-17-10-7-12-24-17)19(23)18-13-20-22(15(18)2)16-8-5-4-6-9-16/h3-10,12-13H,1,11,14H2,2H3. The third kappa shape index (κ3) is 3.31. The lowest BCUT2D eigenvalue weighted by Gasteiger charge is -2.20. The first-order valence-electron chi connectivity index (χ1n) is 7.73. The molecule has 1 amide bonds. The van der Waals surface area contributed by atoms with Crippen LogP contribution in [0.4, 0.5) is 0 Å². The van der Waals surface area contributed by atoms with E-state index in [1.807, 2.05) is 54.8 Å². The van der Waals surface area contributed by atoms with E-state index in [1.54, 1.807) is 33.2 Å². The number of thiophene rings is 1. The highest BCUT2D eigenvalue weighted by molar-refractivity contribution is 7.09. The zero-order chi connectivity index (χ0) is 16.9. The molecular formula is C19H19N3OS. The third-order valence-corrected chi connectivity index (χ3v) is 4.67. The summed E-state index contributed by atoms with van der Waals surface area (Å²) in [5, 5.41) is 6.41. The highest BCUT2D eigenvalue weighted by atomic mass is 32.1. The van der Waals surface area contributed by atoms with Crippen LogP contribution in [0.2, 0.25) is 0 Å². The van der Waals surface area contributed by atoms with E-state index in [1.165, 1.54) is 0 Å². The molecule has 0 fully saturated rings. The summed E-state index contributed by atoms with van der Waals surface area (Å²) < 4.78 is 1.80. The van der Waals surface area contributed by atoms with E-state index in [-0.39, 0.29) is 5.91 Å². The number of para-hydroxylation sites is 1. The van der Waals surface area contributed by atoms with Crippen molar-refractivity contribution in [1.29, 1.82) is 0 Å². The molecule has 4 nitrogen and oxygen atoms in total. The molecule has 0 aliphatic rings. The number of nitrogens with zero attached hydrogens (tertiary/aromatic N) is 3. The number of hydrogen-bond donors (Lipinski definition) is 0. The number of carbonyl (C=O) groups is 1. The van der Waals surface area contributed by atoms with Crippen molar-refractivity contribution in [3.8, 4) is 5.69 Å². The highest BCUT2D eigenvalue weighted by Crippen LogP contribution is 2.18. The maximum Gasteiger partial charge on any atom is 0.257 e. The molecule has 0 N–H and O–H groups in total. The van der Waals surface area contributed by atoms with E-state index in [0.29, 0.717) is 18.7 Å². The summed E-state index contributed by atoms with van der Waals surface area (Å²) in [7, 11) is 0. The van der Waals surface area contributed by atoms with Crippen molar-refractivity contribution >= 4 is 17.2 Å². The fourth-order valence-corrected chi connectivity index (χ4v) is 3.30. The molecule has 1 aromatic carbocycles. The van der Waals surface area contributed by atoms with Crippen LogP contribution in [0.5, 0.6) is 0 Å². The Bertz CT molecular complexity index is 822. The maximum atomic E-state index is 13.0. The van der Waals surface area contributed by atoms with Gasteiger partial charge in [0.25, 0.3) is 5.91 Å². The SMILES string of the molecule is C=CCN(Cc1cccs1)C(=O)c1cnn(-c2ccccc2)c1C. The quantitative estimate of drug-likeness (QED) is 0.636. The zero-order valence-electron chi connectivity index (χ0n) is 13.6. The summed E-state index contributed by atoms with van der Waals surface area (Å²) in [5.74, 6) is -0.0250. The normalized spacial score (nSPS) is 10.5. The topological polar surface area (TPSA) is 38.1 Å². The van der Waals surface area contributed by atoms with Gasteiger partial charge in [-0.05, 0) is 30.5 Å². The van der Waals surface area contributed by atoms with Gasteiger partial charge >= 0.3 is 0 Å². The Balaban J connectivity index is 1.88. The van der Waals surface area contributed by atoms with Gasteiger partial charge in [-0.1, -0.05) is 30.3 Å². The van der Waals surface area contributed by atoms with Crippen LogP contribution in [0.15, 0.2) is 66.7 Å². The second-order valence-corrected chi connectivity index (χ2v) is 6.48. The molecule has 3 rings (SSSR count). The van der Waals surface area contributed by atoms with Crippen LogP contribution in [-0.4, -0.2) is 27.1 Å². The van der Waals surface area contributed by atoms with Crippen LogP contribution in [-0.2, 0) is 6.54 Å². The Morgan fingerprint density at radius 3 is 2.75 bits per heavy atom. The Labute approximate surface area is 145 Å². The molecule has 0 atom stereocenters. The molecule has 3 aromatic rings. The van der Waals surface area contributed by atoms with Gasteiger partial charge in [0.05, 0.1) is 29.7 Å². The van der Waals surface area contributed by atoms with Gasteiger partial charge < -0.3 is 4.90 Å². The Morgan fingerprint density at radius 2 is 2.08 bits per heavy atom. The monoisotopic (exact) mass is 337 g/mol. The molecule has 0 aliphatic carbocycles. The molecule has 0 aliphatic heterocycles. The number of aromatic nitrogens is 2. The molecule has 0 radical (unpaired) electrons. The number of carbonyl (C=O) groups excluding carboxylic acids is 1. The van der Waals surface area contributed by atoms with Crippen molar-refractivity contribution in [1.82, 2.24) is 14.7 Å². The fourth-order valence-electron chi connectivity index (χ4n) is 2.59. The summed E-state index contributed by atoms with van der Waals surface area (Å²) >= 11 is 1.65. The summed E-state index contributed by atoms with van der Waals surface area (Å²) in [5.41, 5.74) is 2.41. The van der Waals surface area contributed by atoms with E-state index in [2.05, 4.69) is 11.7 Å². The first kappa shape index (κ1) is 16.2. The average Bonchev–Trinajstić information content (AvgIpc) is 3.24. The Morgan fingerprint density at radius 1 is 1.29 bits per heavy atom. The first-order valence-corrected chi connectivity index (χ1v) is 8.61. The summed E-state index contributed by atoms with van der Waals surface area (Å²) in [4.78, 5) is 15.9. The molecule has 5 heteroatoms. The van der Waals surface area contributed by atoms with E-state index < -0.39 is 0 Å². The molecule has 24 heavy (non-hydrogen) atoms. The predicted molar refractivity (Wildman–Crippen MR) is 97.6 cm³/mol. The van der Waals surface area contributed by atoms with Gasteiger partial charge in [0.2, 0.25) is 0 Å². The Hall–Kier alpha value is -2.66. The number of benzene rings is 1. The molecule has 122 valence electrons. The minimum Gasteiger partial charge on any atom is -0.330 e. The van der Waals surface area contributed by atoms with E-state index in [4.69, 9.17) is 0 Å². The summed E-state index contributed by atoms with van der Waals surface area (Å²) in [6.45, 7) is 6.78. The van der Waals surface area contributed by atoms with Gasteiger partial charge in [-0.15, -0.1) is 17.9 Å². The van der Waals surface area contributed by atoms with Crippen molar-refractivity contribution in [2.45, 2.75) is 13.5 Å². The second kappa shape index (κ2) is 7.27. The fraction of sp³-hybridized carbons (Fsp3) is 0.158. The number of hydrogen-bond acceptors (Lipinski definition) is 3. The van der Waals surface area contributed by atoms with Crippen LogP contribution in [0.1, 0.15) is 20.9 Å².